The first-order valence-electron chi connectivity index (χ1n) is 5.68. The molecule has 0 saturated carbocycles. The molecule has 0 aliphatic heterocycles. The first-order valence-corrected chi connectivity index (χ1v) is 6.50. The molecule has 1 atom stereocenters. The summed E-state index contributed by atoms with van der Waals surface area (Å²) in [5.74, 6) is -0.306. The Kier molecular flexibility index (Phi) is 4.18. The molecule has 3 rings (SSSR count). The lowest BCUT2D eigenvalue weighted by Gasteiger charge is -2.15. The molecular weight excluding hydrogens is 288 g/mol. The SMILES string of the molecule is Cl.N[C@H]1CCc2nc(NC(=O)c3ccon3)sc2C1. The standard InChI is InChI=1S/C11H12N4O2S.ClH/c12-6-1-2-7-9(5-6)18-11(13-7)14-10(16)8-3-4-17-15-8;/h3-4,6H,1-2,5,12H2,(H,13,14,16);1H/t6-;/m0./s1. The maximum atomic E-state index is 11.8. The molecule has 19 heavy (non-hydrogen) atoms. The zero-order chi connectivity index (χ0) is 12.5. The van der Waals surface area contributed by atoms with E-state index in [4.69, 9.17) is 5.73 Å². The van der Waals surface area contributed by atoms with E-state index in [0.717, 1.165) is 25.0 Å². The van der Waals surface area contributed by atoms with Crippen molar-refractivity contribution in [1.82, 2.24) is 10.1 Å². The van der Waals surface area contributed by atoms with Gasteiger partial charge in [0.15, 0.2) is 10.8 Å². The van der Waals surface area contributed by atoms with Crippen LogP contribution in [0.5, 0.6) is 0 Å². The summed E-state index contributed by atoms with van der Waals surface area (Å²) in [4.78, 5) is 17.3. The third-order valence-corrected chi connectivity index (χ3v) is 3.90. The van der Waals surface area contributed by atoms with Gasteiger partial charge in [-0.05, 0) is 19.3 Å². The van der Waals surface area contributed by atoms with Gasteiger partial charge in [0.05, 0.1) is 5.69 Å². The number of anilines is 1. The van der Waals surface area contributed by atoms with Crippen molar-refractivity contribution in [2.45, 2.75) is 25.3 Å². The minimum Gasteiger partial charge on any atom is -0.364 e. The Labute approximate surface area is 119 Å². The Morgan fingerprint density at radius 2 is 2.42 bits per heavy atom. The van der Waals surface area contributed by atoms with Gasteiger partial charge in [-0.25, -0.2) is 4.98 Å². The number of nitrogens with zero attached hydrogens (tertiary/aromatic N) is 2. The Balaban J connectivity index is 0.00000133. The van der Waals surface area contributed by atoms with Crippen molar-refractivity contribution in [3.8, 4) is 0 Å². The van der Waals surface area contributed by atoms with E-state index in [9.17, 15) is 4.79 Å². The number of nitrogens with two attached hydrogens (primary N) is 1. The van der Waals surface area contributed by atoms with E-state index in [1.807, 2.05) is 0 Å². The second-order valence-corrected chi connectivity index (χ2v) is 5.31. The lowest BCUT2D eigenvalue weighted by Crippen LogP contribution is -2.27. The summed E-state index contributed by atoms with van der Waals surface area (Å²) in [6, 6.07) is 1.72. The third kappa shape index (κ3) is 2.94. The summed E-state index contributed by atoms with van der Waals surface area (Å²) in [7, 11) is 0. The first kappa shape index (κ1) is 14.0. The molecule has 0 radical (unpaired) electrons. The number of carbonyl (C=O) groups excluding carboxylic acids is 1. The molecule has 1 aliphatic rings. The minimum absolute atomic E-state index is 0. The smallest absolute Gasteiger partial charge is 0.279 e. The van der Waals surface area contributed by atoms with E-state index < -0.39 is 0 Å². The lowest BCUT2D eigenvalue weighted by atomic mass is 9.99. The second-order valence-electron chi connectivity index (χ2n) is 4.23. The van der Waals surface area contributed by atoms with Crippen LogP contribution in [0.1, 0.15) is 27.5 Å². The van der Waals surface area contributed by atoms with Crippen LogP contribution in [0.2, 0.25) is 0 Å². The monoisotopic (exact) mass is 300 g/mol. The molecule has 2 aromatic rings. The van der Waals surface area contributed by atoms with Gasteiger partial charge in [0.25, 0.3) is 5.91 Å². The number of amides is 1. The molecule has 2 aromatic heterocycles. The summed E-state index contributed by atoms with van der Waals surface area (Å²) >= 11 is 1.48. The largest absolute Gasteiger partial charge is 0.364 e. The Morgan fingerprint density at radius 3 is 3.16 bits per heavy atom. The van der Waals surface area contributed by atoms with E-state index in [1.54, 1.807) is 0 Å². The highest BCUT2D eigenvalue weighted by Crippen LogP contribution is 2.29. The molecule has 0 saturated heterocycles. The number of aryl methyl sites for hydroxylation is 1. The van der Waals surface area contributed by atoms with Crippen LogP contribution in [0.3, 0.4) is 0 Å². The van der Waals surface area contributed by atoms with Crippen molar-refractivity contribution in [1.29, 1.82) is 0 Å². The summed E-state index contributed by atoms with van der Waals surface area (Å²) in [5, 5.41) is 6.90. The fraction of sp³-hybridized carbons (Fsp3) is 0.364. The normalized spacial score (nSPS) is 17.4. The number of rotatable bonds is 2. The quantitative estimate of drug-likeness (QED) is 0.879. The number of thiazole rings is 1. The fourth-order valence-corrected chi connectivity index (χ4v) is 3.04. The Hall–Kier alpha value is -1.44. The second kappa shape index (κ2) is 5.68. The van der Waals surface area contributed by atoms with Crippen molar-refractivity contribution in [3.63, 3.8) is 0 Å². The average Bonchev–Trinajstić information content (AvgIpc) is 2.95. The van der Waals surface area contributed by atoms with Crippen LogP contribution < -0.4 is 11.1 Å². The number of hydrogen-bond donors (Lipinski definition) is 2. The van der Waals surface area contributed by atoms with Crippen molar-refractivity contribution in [2.75, 3.05) is 5.32 Å². The van der Waals surface area contributed by atoms with Crippen LogP contribution in [0, 0.1) is 0 Å². The molecule has 0 fully saturated rings. The van der Waals surface area contributed by atoms with Gasteiger partial charge in [-0.2, -0.15) is 0 Å². The number of carbonyl (C=O) groups is 1. The van der Waals surface area contributed by atoms with E-state index in [2.05, 4.69) is 20.0 Å². The molecule has 0 unspecified atom stereocenters. The van der Waals surface area contributed by atoms with Crippen molar-refractivity contribution >= 4 is 34.8 Å². The maximum Gasteiger partial charge on any atom is 0.279 e. The van der Waals surface area contributed by atoms with Crippen LogP contribution in [0.25, 0.3) is 0 Å². The van der Waals surface area contributed by atoms with Crippen molar-refractivity contribution < 1.29 is 9.32 Å². The van der Waals surface area contributed by atoms with Gasteiger partial charge in [0.1, 0.15) is 6.26 Å². The van der Waals surface area contributed by atoms with Gasteiger partial charge in [-0.15, -0.1) is 23.7 Å². The molecule has 0 bridgehead atoms. The predicted molar refractivity (Wildman–Crippen MR) is 73.8 cm³/mol. The summed E-state index contributed by atoms with van der Waals surface area (Å²) in [6.45, 7) is 0. The molecule has 2 heterocycles. The summed E-state index contributed by atoms with van der Waals surface area (Å²) < 4.78 is 4.62. The maximum absolute atomic E-state index is 11.8. The highest BCUT2D eigenvalue weighted by atomic mass is 35.5. The molecule has 0 aromatic carbocycles. The van der Waals surface area contributed by atoms with Crippen LogP contribution in [0.15, 0.2) is 16.9 Å². The number of hydrogen-bond acceptors (Lipinski definition) is 6. The molecule has 3 N–H and O–H groups in total. The van der Waals surface area contributed by atoms with E-state index in [1.165, 1.54) is 28.5 Å². The van der Waals surface area contributed by atoms with Crippen molar-refractivity contribution in [3.05, 3.63) is 28.6 Å². The van der Waals surface area contributed by atoms with Crippen LogP contribution in [-0.4, -0.2) is 22.1 Å². The predicted octanol–water partition coefficient (Wildman–Crippen LogP) is 1.62. The summed E-state index contributed by atoms with van der Waals surface area (Å²) in [5.41, 5.74) is 7.21. The van der Waals surface area contributed by atoms with Gasteiger partial charge in [-0.1, -0.05) is 5.16 Å². The average molecular weight is 301 g/mol. The molecule has 102 valence electrons. The van der Waals surface area contributed by atoms with Crippen LogP contribution in [0.4, 0.5) is 5.13 Å². The Bertz CT molecular complexity index is 569. The zero-order valence-corrected chi connectivity index (χ0v) is 11.6. The summed E-state index contributed by atoms with van der Waals surface area (Å²) in [6.07, 6.45) is 4.04. The number of aromatic nitrogens is 2. The number of nitrogens with one attached hydrogen (secondary N) is 1. The molecule has 6 nitrogen and oxygen atoms in total. The van der Waals surface area contributed by atoms with Gasteiger partial charge < -0.3 is 10.3 Å². The third-order valence-electron chi connectivity index (χ3n) is 2.87. The molecule has 1 amide bonds. The van der Waals surface area contributed by atoms with Gasteiger partial charge >= 0.3 is 0 Å². The number of halogens is 1. The topological polar surface area (TPSA) is 94.0 Å². The van der Waals surface area contributed by atoms with Crippen LogP contribution in [-0.2, 0) is 12.8 Å². The molecule has 0 spiro atoms. The molecule has 1 aliphatic carbocycles. The highest BCUT2D eigenvalue weighted by molar-refractivity contribution is 7.15. The van der Waals surface area contributed by atoms with Gasteiger partial charge in [0, 0.05) is 17.0 Å². The molecular formula is C11H13ClN4O2S. The van der Waals surface area contributed by atoms with E-state index >= 15 is 0 Å². The van der Waals surface area contributed by atoms with Gasteiger partial charge in [0.2, 0.25) is 0 Å². The van der Waals surface area contributed by atoms with Gasteiger partial charge in [-0.3, -0.25) is 10.1 Å². The lowest BCUT2D eigenvalue weighted by molar-refractivity contribution is 0.101. The van der Waals surface area contributed by atoms with Crippen molar-refractivity contribution in [2.24, 2.45) is 5.73 Å². The molecule has 8 heteroatoms. The minimum atomic E-state index is -0.306. The van der Waals surface area contributed by atoms with E-state index in [0.29, 0.717) is 5.13 Å². The number of fused-ring (bicyclic) bond motifs is 1. The zero-order valence-electron chi connectivity index (χ0n) is 9.96. The van der Waals surface area contributed by atoms with Crippen LogP contribution >= 0.6 is 23.7 Å². The first-order chi connectivity index (χ1) is 8.72. The fourth-order valence-electron chi connectivity index (χ4n) is 1.94. The Morgan fingerprint density at radius 1 is 1.58 bits per heavy atom. The highest BCUT2D eigenvalue weighted by Gasteiger charge is 2.21. The van der Waals surface area contributed by atoms with E-state index in [-0.39, 0.29) is 30.0 Å².